The second kappa shape index (κ2) is 7.68. The van der Waals surface area contributed by atoms with Crippen LogP contribution in [0.25, 0.3) is 22.0 Å². The second-order valence-electron chi connectivity index (χ2n) is 8.09. The number of aromatic nitrogens is 4. The Morgan fingerprint density at radius 1 is 1.13 bits per heavy atom. The molecule has 1 saturated carbocycles. The summed E-state index contributed by atoms with van der Waals surface area (Å²) in [5, 5.41) is 12.6. The molecule has 2 fully saturated rings. The minimum atomic E-state index is -0.0719. The first kappa shape index (κ1) is 19.0. The first-order valence-electron chi connectivity index (χ1n) is 10.6. The number of hydrogen-bond acceptors (Lipinski definition) is 6. The summed E-state index contributed by atoms with van der Waals surface area (Å²) in [7, 11) is 1.84. The maximum Gasteiger partial charge on any atom is 0.228 e. The van der Waals surface area contributed by atoms with Gasteiger partial charge in [-0.05, 0) is 50.7 Å². The molecule has 5 rings (SSSR count). The lowest BCUT2D eigenvalue weighted by Gasteiger charge is -2.25. The van der Waals surface area contributed by atoms with Crippen LogP contribution in [0.5, 0.6) is 0 Å². The zero-order valence-electron chi connectivity index (χ0n) is 17.3. The van der Waals surface area contributed by atoms with Crippen LogP contribution in [-0.2, 0) is 9.53 Å². The number of nitrogens with zero attached hydrogens (tertiary/aromatic N) is 4. The molecule has 2 N–H and O–H groups in total. The summed E-state index contributed by atoms with van der Waals surface area (Å²) < 4.78 is 7.98. The molecular weight excluding hydrogens is 380 g/mol. The molecule has 4 heterocycles. The Hall–Kier alpha value is -3.00. The molecule has 30 heavy (non-hydrogen) atoms. The van der Waals surface area contributed by atoms with Crippen LogP contribution < -0.4 is 10.6 Å². The first-order valence-corrected chi connectivity index (χ1v) is 10.6. The van der Waals surface area contributed by atoms with Crippen molar-refractivity contribution >= 4 is 28.3 Å². The zero-order chi connectivity index (χ0) is 20.7. The molecule has 3 aromatic rings. The number of carbonyl (C=O) groups is 1. The summed E-state index contributed by atoms with van der Waals surface area (Å²) >= 11 is 0. The lowest BCUT2D eigenvalue weighted by atomic mass is 10.0. The number of amides is 1. The topological polar surface area (TPSA) is 94.0 Å². The van der Waals surface area contributed by atoms with Crippen LogP contribution in [0, 0.1) is 12.8 Å². The highest BCUT2D eigenvalue weighted by Crippen LogP contribution is 2.37. The number of hydrogen-bond donors (Lipinski definition) is 2. The third-order valence-corrected chi connectivity index (χ3v) is 5.87. The maximum atomic E-state index is 12.3. The fourth-order valence-electron chi connectivity index (χ4n) is 4.08. The molecule has 0 aromatic carbocycles. The van der Waals surface area contributed by atoms with Crippen molar-refractivity contribution < 1.29 is 9.53 Å². The molecule has 8 nitrogen and oxygen atoms in total. The third kappa shape index (κ3) is 3.41. The van der Waals surface area contributed by atoms with E-state index in [4.69, 9.17) is 4.74 Å². The van der Waals surface area contributed by atoms with Gasteiger partial charge < -0.3 is 15.4 Å². The number of rotatable bonds is 5. The van der Waals surface area contributed by atoms with Crippen LogP contribution in [0.1, 0.15) is 43.9 Å². The van der Waals surface area contributed by atoms with E-state index in [2.05, 4.69) is 32.6 Å². The monoisotopic (exact) mass is 406 g/mol. The van der Waals surface area contributed by atoms with E-state index in [1.165, 1.54) is 0 Å². The smallest absolute Gasteiger partial charge is 0.228 e. The van der Waals surface area contributed by atoms with Gasteiger partial charge >= 0.3 is 0 Å². The van der Waals surface area contributed by atoms with Gasteiger partial charge in [0, 0.05) is 48.3 Å². The maximum absolute atomic E-state index is 12.3. The van der Waals surface area contributed by atoms with Crippen molar-refractivity contribution in [2.75, 3.05) is 24.3 Å². The number of nitrogens with one attached hydrogen (secondary N) is 2. The highest BCUT2D eigenvalue weighted by atomic mass is 16.5. The van der Waals surface area contributed by atoms with Crippen molar-refractivity contribution in [2.24, 2.45) is 5.92 Å². The van der Waals surface area contributed by atoms with Crippen molar-refractivity contribution in [2.45, 2.75) is 45.3 Å². The highest BCUT2D eigenvalue weighted by molar-refractivity contribution is 6.03. The van der Waals surface area contributed by atoms with Gasteiger partial charge in [0.25, 0.3) is 0 Å². The van der Waals surface area contributed by atoms with Crippen LogP contribution in [0.2, 0.25) is 0 Å². The summed E-state index contributed by atoms with van der Waals surface area (Å²) in [6.45, 7) is 2.80. The fraction of sp³-hybridized carbons (Fsp3) is 0.455. The van der Waals surface area contributed by atoms with Gasteiger partial charge in [0.05, 0.1) is 11.9 Å². The van der Waals surface area contributed by atoms with Gasteiger partial charge in [-0.2, -0.15) is 5.10 Å². The highest BCUT2D eigenvalue weighted by Gasteiger charge is 2.30. The lowest BCUT2D eigenvalue weighted by Crippen LogP contribution is -2.20. The van der Waals surface area contributed by atoms with Crippen LogP contribution in [0.4, 0.5) is 11.6 Å². The third-order valence-electron chi connectivity index (χ3n) is 5.87. The van der Waals surface area contributed by atoms with Gasteiger partial charge in [-0.15, -0.1) is 0 Å². The van der Waals surface area contributed by atoms with Gasteiger partial charge in [0.15, 0.2) is 6.23 Å². The lowest BCUT2D eigenvalue weighted by molar-refractivity contribution is -0.117. The van der Waals surface area contributed by atoms with E-state index in [-0.39, 0.29) is 18.1 Å². The summed E-state index contributed by atoms with van der Waals surface area (Å²) in [5.74, 6) is 1.48. The largest absolute Gasteiger partial charge is 0.373 e. The van der Waals surface area contributed by atoms with E-state index in [0.29, 0.717) is 5.82 Å². The number of aryl methyl sites for hydroxylation is 1. The molecule has 1 amide bonds. The second-order valence-corrected chi connectivity index (χ2v) is 8.09. The minimum absolute atomic E-state index is 0.0446. The molecule has 1 aliphatic heterocycles. The normalized spacial score (nSPS) is 19.1. The Kier molecular flexibility index (Phi) is 4.86. The molecule has 1 unspecified atom stereocenters. The summed E-state index contributed by atoms with van der Waals surface area (Å²) in [4.78, 5) is 21.3. The Bertz CT molecular complexity index is 1100. The molecule has 0 bridgehead atoms. The Labute approximate surface area is 175 Å². The van der Waals surface area contributed by atoms with Gasteiger partial charge in [-0.1, -0.05) is 0 Å². The Morgan fingerprint density at radius 3 is 2.73 bits per heavy atom. The van der Waals surface area contributed by atoms with E-state index < -0.39 is 0 Å². The Balaban J connectivity index is 1.63. The number of fused-ring (bicyclic) bond motifs is 1. The van der Waals surface area contributed by atoms with Crippen molar-refractivity contribution in [3.8, 4) is 11.3 Å². The number of pyridine rings is 2. The van der Waals surface area contributed by atoms with E-state index in [1.54, 1.807) is 6.20 Å². The molecule has 1 atom stereocenters. The van der Waals surface area contributed by atoms with Crippen molar-refractivity contribution in [1.82, 2.24) is 19.7 Å². The average molecular weight is 406 g/mol. The molecule has 2 aliphatic rings. The number of carbonyl (C=O) groups excluding carboxylic acids is 1. The zero-order valence-corrected chi connectivity index (χ0v) is 17.3. The molecule has 0 radical (unpaired) electrons. The Morgan fingerprint density at radius 2 is 2.00 bits per heavy atom. The summed E-state index contributed by atoms with van der Waals surface area (Å²) in [5.41, 5.74) is 3.01. The van der Waals surface area contributed by atoms with E-state index >= 15 is 0 Å². The fourth-order valence-corrected chi connectivity index (χ4v) is 4.08. The van der Waals surface area contributed by atoms with Crippen molar-refractivity contribution in [1.29, 1.82) is 0 Å². The van der Waals surface area contributed by atoms with Crippen molar-refractivity contribution in [3.05, 3.63) is 30.2 Å². The standard InChI is InChI=1S/C22H26N6O2/c1-13-10-26-28(19-5-3-4-8-30-19)20(13)16-11-25-21(23-2)17-12-24-18(9-15(16)17)27-22(29)14-6-7-14/h9-12,14,19H,3-8H2,1-2H3,(H,23,25)(H,24,27,29). The SMILES string of the molecule is CNc1ncc(-c2c(C)cnn2C2CCCCO2)c2cc(NC(=O)C3CC3)ncc12. The van der Waals surface area contributed by atoms with Crippen LogP contribution >= 0.6 is 0 Å². The van der Waals surface area contributed by atoms with E-state index in [9.17, 15) is 4.79 Å². The van der Waals surface area contributed by atoms with Gasteiger partial charge in [-0.3, -0.25) is 4.79 Å². The molecule has 156 valence electrons. The summed E-state index contributed by atoms with van der Waals surface area (Å²) in [6.07, 6.45) is 10.5. The van der Waals surface area contributed by atoms with Crippen molar-refractivity contribution in [3.63, 3.8) is 0 Å². The van der Waals surface area contributed by atoms with Crippen LogP contribution in [0.3, 0.4) is 0 Å². The first-order chi connectivity index (χ1) is 14.7. The summed E-state index contributed by atoms with van der Waals surface area (Å²) in [6, 6.07) is 1.94. The minimum Gasteiger partial charge on any atom is -0.373 e. The average Bonchev–Trinajstić information content (AvgIpc) is 3.56. The van der Waals surface area contributed by atoms with E-state index in [0.717, 1.165) is 72.1 Å². The number of ether oxygens (including phenoxy) is 1. The molecule has 1 saturated heterocycles. The molecule has 8 heteroatoms. The van der Waals surface area contributed by atoms with E-state index in [1.807, 2.05) is 30.2 Å². The number of anilines is 2. The molecule has 1 aliphatic carbocycles. The molecular formula is C22H26N6O2. The van der Waals surface area contributed by atoms with Gasteiger partial charge in [0.1, 0.15) is 11.6 Å². The molecule has 0 spiro atoms. The predicted molar refractivity (Wildman–Crippen MR) is 115 cm³/mol. The van der Waals surface area contributed by atoms with Gasteiger partial charge in [-0.25, -0.2) is 14.6 Å². The van der Waals surface area contributed by atoms with Crippen LogP contribution in [-0.4, -0.2) is 39.3 Å². The quantitative estimate of drug-likeness (QED) is 0.668. The molecule has 3 aromatic heterocycles. The van der Waals surface area contributed by atoms with Crippen LogP contribution in [0.15, 0.2) is 24.7 Å². The predicted octanol–water partition coefficient (Wildman–Crippen LogP) is 3.89. The van der Waals surface area contributed by atoms with Gasteiger partial charge in [0.2, 0.25) is 5.91 Å².